The minimum atomic E-state index is -0.314. The van der Waals surface area contributed by atoms with Crippen molar-refractivity contribution in [3.63, 3.8) is 0 Å². The summed E-state index contributed by atoms with van der Waals surface area (Å²) in [6.45, 7) is 6.79. The highest BCUT2D eigenvalue weighted by Crippen LogP contribution is 2.15. The summed E-state index contributed by atoms with van der Waals surface area (Å²) >= 11 is 5.36. The van der Waals surface area contributed by atoms with Crippen molar-refractivity contribution in [2.75, 3.05) is 32.9 Å². The molecule has 1 aliphatic rings. The molecule has 0 aliphatic carbocycles. The van der Waals surface area contributed by atoms with Crippen LogP contribution in [0.3, 0.4) is 0 Å². The number of nitrogens with zero attached hydrogens (tertiary/aromatic N) is 2. The summed E-state index contributed by atoms with van der Waals surface area (Å²) < 4.78 is 12.2. The topological polar surface area (TPSA) is 106 Å². The number of nitrogens with one attached hydrogen (secondary N) is 2. The normalized spacial score (nSPS) is 14.5. The van der Waals surface area contributed by atoms with Crippen LogP contribution >= 0.6 is 12.2 Å². The van der Waals surface area contributed by atoms with Crippen LogP contribution < -0.4 is 10.9 Å². The molecule has 174 valence electrons. The van der Waals surface area contributed by atoms with E-state index in [0.29, 0.717) is 80.0 Å². The Morgan fingerprint density at radius 1 is 1.22 bits per heavy atom. The minimum Gasteiger partial charge on any atom is -0.450 e. The first-order valence-corrected chi connectivity index (χ1v) is 11.4. The van der Waals surface area contributed by atoms with E-state index in [-0.39, 0.29) is 23.6 Å². The number of benzene rings is 1. The summed E-state index contributed by atoms with van der Waals surface area (Å²) in [7, 11) is 0. The third-order valence-corrected chi connectivity index (χ3v) is 5.80. The lowest BCUT2D eigenvalue weighted by Crippen LogP contribution is -2.46. The zero-order valence-electron chi connectivity index (χ0n) is 18.5. The number of piperidine rings is 1. The molecule has 1 aliphatic heterocycles. The molecular weight excluding hydrogens is 432 g/mol. The second-order valence-electron chi connectivity index (χ2n) is 7.63. The van der Waals surface area contributed by atoms with Crippen molar-refractivity contribution in [2.24, 2.45) is 0 Å². The zero-order chi connectivity index (χ0) is 23.1. The monoisotopic (exact) mass is 462 g/mol. The lowest BCUT2D eigenvalue weighted by Gasteiger charge is -2.31. The molecular formula is C22H30N4O5S. The van der Waals surface area contributed by atoms with Gasteiger partial charge in [-0.3, -0.25) is 14.2 Å². The highest BCUT2D eigenvalue weighted by Gasteiger charge is 2.25. The van der Waals surface area contributed by atoms with Crippen molar-refractivity contribution in [2.45, 2.75) is 45.7 Å². The lowest BCUT2D eigenvalue weighted by atomic mass is 10.0. The molecule has 0 bridgehead atoms. The van der Waals surface area contributed by atoms with Crippen LogP contribution in [0, 0.1) is 4.77 Å². The average molecular weight is 463 g/mol. The number of aromatic amines is 1. The Labute approximate surface area is 191 Å². The summed E-state index contributed by atoms with van der Waals surface area (Å²) in [5, 5.41) is 3.50. The second kappa shape index (κ2) is 11.2. The molecule has 0 unspecified atom stereocenters. The molecule has 0 spiro atoms. The fraction of sp³-hybridized carbons (Fsp3) is 0.545. The molecule has 3 rings (SSSR count). The maximum Gasteiger partial charge on any atom is 0.409 e. The quantitative estimate of drug-likeness (QED) is 0.462. The zero-order valence-corrected chi connectivity index (χ0v) is 19.3. The summed E-state index contributed by atoms with van der Waals surface area (Å²) in [4.78, 5) is 42.1. The molecule has 9 nitrogen and oxygen atoms in total. The number of likely N-dealkylation sites (tertiary alicyclic amines) is 1. The summed E-state index contributed by atoms with van der Waals surface area (Å²) in [6.07, 6.45) is 1.69. The summed E-state index contributed by atoms with van der Waals surface area (Å²) in [5.41, 5.74) is 0.800. The van der Waals surface area contributed by atoms with Gasteiger partial charge in [-0.15, -0.1) is 0 Å². The van der Waals surface area contributed by atoms with Crippen molar-refractivity contribution in [3.05, 3.63) is 38.9 Å². The number of ether oxygens (including phenoxy) is 2. The van der Waals surface area contributed by atoms with E-state index in [1.165, 1.54) is 4.57 Å². The molecule has 0 atom stereocenters. The van der Waals surface area contributed by atoms with Gasteiger partial charge >= 0.3 is 6.09 Å². The van der Waals surface area contributed by atoms with E-state index in [1.54, 1.807) is 30.0 Å². The standard InChI is InChI=1S/C22H30N4O5S/c1-3-30-13-5-10-26-20(28)17-7-6-15(14-18(17)24-21(26)32)19(27)23-16-8-11-25(12-9-16)22(29)31-4-2/h6-7,14,16H,3-5,8-13H2,1-2H3,(H,23,27)(H,24,32). The Morgan fingerprint density at radius 2 is 1.97 bits per heavy atom. The number of carbonyl (C=O) groups excluding carboxylic acids is 2. The Balaban J connectivity index is 1.66. The van der Waals surface area contributed by atoms with E-state index in [9.17, 15) is 14.4 Å². The fourth-order valence-electron chi connectivity index (χ4n) is 3.76. The predicted octanol–water partition coefficient (Wildman–Crippen LogP) is 2.84. The maximum absolute atomic E-state index is 12.8. The summed E-state index contributed by atoms with van der Waals surface area (Å²) in [6, 6.07) is 4.93. The number of amides is 2. The van der Waals surface area contributed by atoms with Crippen molar-refractivity contribution in [1.82, 2.24) is 19.8 Å². The van der Waals surface area contributed by atoms with Crippen LogP contribution in [0.5, 0.6) is 0 Å². The van der Waals surface area contributed by atoms with E-state index < -0.39 is 0 Å². The number of hydrogen-bond acceptors (Lipinski definition) is 6. The fourth-order valence-corrected chi connectivity index (χ4v) is 4.04. The third kappa shape index (κ3) is 5.74. The SMILES string of the molecule is CCOCCCn1c(=S)[nH]c2cc(C(=O)NC3CCN(C(=O)OCC)CC3)ccc2c1=O. The number of H-pyrrole nitrogens is 1. The van der Waals surface area contributed by atoms with Crippen LogP contribution in [0.1, 0.15) is 43.5 Å². The van der Waals surface area contributed by atoms with Gasteiger partial charge in [-0.05, 0) is 63.5 Å². The summed E-state index contributed by atoms with van der Waals surface area (Å²) in [5.74, 6) is -0.221. The molecule has 0 radical (unpaired) electrons. The van der Waals surface area contributed by atoms with Crippen LogP contribution in [-0.2, 0) is 16.0 Å². The number of rotatable bonds is 8. The van der Waals surface area contributed by atoms with E-state index in [4.69, 9.17) is 21.7 Å². The first kappa shape index (κ1) is 23.9. The Morgan fingerprint density at radius 3 is 2.66 bits per heavy atom. The van der Waals surface area contributed by atoms with Gasteiger partial charge in [0.1, 0.15) is 0 Å². The van der Waals surface area contributed by atoms with Crippen molar-refractivity contribution < 1.29 is 19.1 Å². The van der Waals surface area contributed by atoms with Gasteiger partial charge < -0.3 is 24.7 Å². The van der Waals surface area contributed by atoms with Crippen LogP contribution in [0.4, 0.5) is 4.79 Å². The number of hydrogen-bond donors (Lipinski definition) is 2. The lowest BCUT2D eigenvalue weighted by molar-refractivity contribution is 0.0860. The van der Waals surface area contributed by atoms with E-state index >= 15 is 0 Å². The van der Waals surface area contributed by atoms with E-state index in [0.717, 1.165) is 0 Å². The van der Waals surface area contributed by atoms with Crippen LogP contribution in [0.25, 0.3) is 10.9 Å². The second-order valence-corrected chi connectivity index (χ2v) is 8.02. The number of fused-ring (bicyclic) bond motifs is 1. The molecule has 2 N–H and O–H groups in total. The Bertz CT molecular complexity index is 1070. The first-order valence-electron chi connectivity index (χ1n) is 11.0. The molecule has 0 saturated carbocycles. The smallest absolute Gasteiger partial charge is 0.409 e. The third-order valence-electron chi connectivity index (χ3n) is 5.47. The van der Waals surface area contributed by atoms with Crippen molar-refractivity contribution in [1.29, 1.82) is 0 Å². The molecule has 32 heavy (non-hydrogen) atoms. The molecule has 2 heterocycles. The van der Waals surface area contributed by atoms with Gasteiger partial charge in [0, 0.05) is 44.5 Å². The van der Waals surface area contributed by atoms with E-state index in [1.807, 2.05) is 6.92 Å². The molecule has 1 saturated heterocycles. The molecule has 2 amide bonds. The minimum absolute atomic E-state index is 0.0271. The van der Waals surface area contributed by atoms with Gasteiger partial charge in [0.05, 0.1) is 17.5 Å². The molecule has 1 aromatic heterocycles. The molecule has 2 aromatic rings. The van der Waals surface area contributed by atoms with Crippen LogP contribution in [0.2, 0.25) is 0 Å². The largest absolute Gasteiger partial charge is 0.450 e. The highest BCUT2D eigenvalue weighted by atomic mass is 32.1. The molecule has 1 fully saturated rings. The Kier molecular flexibility index (Phi) is 8.40. The highest BCUT2D eigenvalue weighted by molar-refractivity contribution is 7.71. The maximum atomic E-state index is 12.8. The van der Waals surface area contributed by atoms with Gasteiger partial charge in [-0.25, -0.2) is 4.79 Å². The van der Waals surface area contributed by atoms with Crippen molar-refractivity contribution in [3.8, 4) is 0 Å². The molecule has 10 heteroatoms. The van der Waals surface area contributed by atoms with Crippen LogP contribution in [-0.4, -0.2) is 65.4 Å². The van der Waals surface area contributed by atoms with Gasteiger partial charge in [0.25, 0.3) is 11.5 Å². The number of aromatic nitrogens is 2. The molecule has 1 aromatic carbocycles. The van der Waals surface area contributed by atoms with Crippen molar-refractivity contribution >= 4 is 35.1 Å². The number of carbonyl (C=O) groups is 2. The van der Waals surface area contributed by atoms with Gasteiger partial charge in [0.15, 0.2) is 4.77 Å². The first-order chi connectivity index (χ1) is 15.4. The van der Waals surface area contributed by atoms with Gasteiger partial charge in [-0.2, -0.15) is 0 Å². The predicted molar refractivity (Wildman–Crippen MR) is 124 cm³/mol. The van der Waals surface area contributed by atoms with Gasteiger partial charge in [-0.1, -0.05) is 0 Å². The van der Waals surface area contributed by atoms with Crippen LogP contribution in [0.15, 0.2) is 23.0 Å². The average Bonchev–Trinajstić information content (AvgIpc) is 2.78. The van der Waals surface area contributed by atoms with E-state index in [2.05, 4.69) is 10.3 Å². The Hall–Kier alpha value is -2.72. The van der Waals surface area contributed by atoms with Gasteiger partial charge in [0.2, 0.25) is 0 Å².